The van der Waals surface area contributed by atoms with E-state index in [4.69, 9.17) is 0 Å². The Kier molecular flexibility index (Phi) is 5.96. The first-order valence-electron chi connectivity index (χ1n) is 10.6. The number of carbonyl (C=O) groups is 1. The molecule has 4 nitrogen and oxygen atoms in total. The Balaban J connectivity index is 1.38. The Morgan fingerprint density at radius 2 is 1.82 bits per heavy atom. The summed E-state index contributed by atoms with van der Waals surface area (Å²) in [6.07, 6.45) is 4.42. The highest BCUT2D eigenvalue weighted by Gasteiger charge is 2.25. The number of hydrogen-bond acceptors (Lipinski definition) is 3. The summed E-state index contributed by atoms with van der Waals surface area (Å²) in [6, 6.07) is 17.2. The highest BCUT2D eigenvalue weighted by molar-refractivity contribution is 5.76. The van der Waals surface area contributed by atoms with E-state index in [1.54, 1.807) is 0 Å². The molecule has 0 bridgehead atoms. The first-order chi connectivity index (χ1) is 13.7. The van der Waals surface area contributed by atoms with Crippen molar-refractivity contribution in [2.45, 2.75) is 38.1 Å². The zero-order chi connectivity index (χ0) is 19.3. The monoisotopic (exact) mass is 377 g/mol. The third-order valence-electron chi connectivity index (χ3n) is 6.15. The summed E-state index contributed by atoms with van der Waals surface area (Å²) < 4.78 is 0. The van der Waals surface area contributed by atoms with Gasteiger partial charge in [-0.05, 0) is 55.5 Å². The van der Waals surface area contributed by atoms with Crippen LogP contribution in [-0.4, -0.2) is 50.1 Å². The molecule has 0 aromatic heterocycles. The minimum Gasteiger partial charge on any atom is -0.369 e. The van der Waals surface area contributed by atoms with Crippen molar-refractivity contribution in [3.8, 4) is 0 Å². The molecular formula is C24H31N3O. The summed E-state index contributed by atoms with van der Waals surface area (Å²) in [4.78, 5) is 17.4. The van der Waals surface area contributed by atoms with Gasteiger partial charge in [0.25, 0.3) is 0 Å². The third-order valence-corrected chi connectivity index (χ3v) is 6.15. The lowest BCUT2D eigenvalue weighted by Crippen LogP contribution is -2.45. The summed E-state index contributed by atoms with van der Waals surface area (Å²) in [6.45, 7) is 4.40. The predicted molar refractivity (Wildman–Crippen MR) is 115 cm³/mol. The first-order valence-corrected chi connectivity index (χ1v) is 10.6. The molecule has 2 aromatic rings. The fourth-order valence-corrected chi connectivity index (χ4v) is 4.44. The van der Waals surface area contributed by atoms with E-state index in [2.05, 4.69) is 52.5 Å². The molecule has 1 aliphatic carbocycles. The molecule has 28 heavy (non-hydrogen) atoms. The minimum atomic E-state index is 0.175. The second kappa shape index (κ2) is 8.78. The molecule has 1 N–H and O–H groups in total. The van der Waals surface area contributed by atoms with Crippen molar-refractivity contribution in [3.63, 3.8) is 0 Å². The van der Waals surface area contributed by atoms with Gasteiger partial charge in [-0.1, -0.05) is 42.5 Å². The number of nitrogens with zero attached hydrogens (tertiary/aromatic N) is 2. The summed E-state index contributed by atoms with van der Waals surface area (Å²) in [5.41, 5.74) is 5.52. The third kappa shape index (κ3) is 4.56. The van der Waals surface area contributed by atoms with Gasteiger partial charge in [-0.3, -0.25) is 4.79 Å². The lowest BCUT2D eigenvalue weighted by atomic mass is 9.86. The van der Waals surface area contributed by atoms with Crippen LogP contribution in [0.2, 0.25) is 0 Å². The molecule has 148 valence electrons. The molecule has 4 heteroatoms. The molecule has 2 aromatic carbocycles. The number of hydrogen-bond donors (Lipinski definition) is 1. The van der Waals surface area contributed by atoms with E-state index < -0.39 is 0 Å². The normalized spacial score (nSPS) is 19.9. The quantitative estimate of drug-likeness (QED) is 0.870. The van der Waals surface area contributed by atoms with Crippen molar-refractivity contribution in [2.75, 3.05) is 38.1 Å². The number of fused-ring (bicyclic) bond motifs is 1. The van der Waals surface area contributed by atoms with Crippen LogP contribution in [-0.2, 0) is 24.1 Å². The minimum absolute atomic E-state index is 0.175. The number of benzene rings is 2. The first kappa shape index (κ1) is 19.0. The number of piperazine rings is 1. The van der Waals surface area contributed by atoms with E-state index in [1.165, 1.54) is 22.4 Å². The van der Waals surface area contributed by atoms with Gasteiger partial charge in [-0.2, -0.15) is 0 Å². The maximum absolute atomic E-state index is 12.5. The van der Waals surface area contributed by atoms with Crippen LogP contribution in [0, 0.1) is 0 Å². The molecule has 0 unspecified atom stereocenters. The zero-order valence-electron chi connectivity index (χ0n) is 16.9. The van der Waals surface area contributed by atoms with E-state index in [1.807, 2.05) is 18.2 Å². The van der Waals surface area contributed by atoms with Crippen molar-refractivity contribution < 1.29 is 4.79 Å². The van der Waals surface area contributed by atoms with Crippen LogP contribution in [0.4, 0.5) is 5.69 Å². The number of carbonyl (C=O) groups excluding carboxylic acids is 1. The van der Waals surface area contributed by atoms with Gasteiger partial charge >= 0.3 is 0 Å². The fraction of sp³-hybridized carbons (Fsp3) is 0.458. The molecule has 4 rings (SSSR count). The van der Waals surface area contributed by atoms with Crippen LogP contribution in [0.5, 0.6) is 0 Å². The van der Waals surface area contributed by atoms with Crippen LogP contribution >= 0.6 is 0 Å². The zero-order valence-corrected chi connectivity index (χ0v) is 16.9. The van der Waals surface area contributed by atoms with Crippen molar-refractivity contribution >= 4 is 11.6 Å². The lowest BCUT2D eigenvalue weighted by Gasteiger charge is -2.37. The molecule has 0 radical (unpaired) electrons. The smallest absolute Gasteiger partial charge is 0.220 e. The second-order valence-electron chi connectivity index (χ2n) is 8.20. The summed E-state index contributed by atoms with van der Waals surface area (Å²) >= 11 is 0. The SMILES string of the molecule is CN1CCN(c2cccc3c2C[C@H](NC(=O)CCc2ccccc2)CC3)CC1. The predicted octanol–water partition coefficient (Wildman–Crippen LogP) is 3.04. The van der Waals surface area contributed by atoms with Gasteiger partial charge in [0.05, 0.1) is 0 Å². The van der Waals surface area contributed by atoms with Gasteiger partial charge in [0.2, 0.25) is 5.91 Å². The molecule has 1 aliphatic heterocycles. The van der Waals surface area contributed by atoms with Crippen LogP contribution in [0.25, 0.3) is 0 Å². The molecule has 0 saturated carbocycles. The van der Waals surface area contributed by atoms with Crippen LogP contribution in [0.3, 0.4) is 0 Å². The van der Waals surface area contributed by atoms with E-state index in [9.17, 15) is 4.79 Å². The Hall–Kier alpha value is -2.33. The van der Waals surface area contributed by atoms with Gasteiger partial charge in [-0.15, -0.1) is 0 Å². The van der Waals surface area contributed by atoms with Crippen LogP contribution in [0.15, 0.2) is 48.5 Å². The molecule has 1 amide bonds. The van der Waals surface area contributed by atoms with Crippen LogP contribution < -0.4 is 10.2 Å². The summed E-state index contributed by atoms with van der Waals surface area (Å²) in [5, 5.41) is 3.30. The van der Waals surface area contributed by atoms with Crippen molar-refractivity contribution in [1.29, 1.82) is 0 Å². The maximum atomic E-state index is 12.5. The standard InChI is InChI=1S/C24H31N3O/c1-26-14-16-27(17-15-26)23-9-5-8-20-11-12-21(18-22(20)23)25-24(28)13-10-19-6-3-2-4-7-19/h2-9,21H,10-18H2,1H3,(H,25,28)/t21-/m1/s1. The Labute approximate surface area is 168 Å². The Bertz CT molecular complexity index is 797. The second-order valence-corrected chi connectivity index (χ2v) is 8.20. The number of anilines is 1. The number of amides is 1. The van der Waals surface area contributed by atoms with E-state index in [-0.39, 0.29) is 11.9 Å². The van der Waals surface area contributed by atoms with E-state index in [0.717, 1.165) is 51.9 Å². The molecule has 0 spiro atoms. The maximum Gasteiger partial charge on any atom is 0.220 e. The lowest BCUT2D eigenvalue weighted by molar-refractivity contribution is -0.121. The van der Waals surface area contributed by atoms with Crippen LogP contribution in [0.1, 0.15) is 29.5 Å². The number of likely N-dealkylation sites (N-methyl/N-ethyl adjacent to an activating group) is 1. The molecule has 1 saturated heterocycles. The number of rotatable bonds is 5. The van der Waals surface area contributed by atoms with Crippen molar-refractivity contribution in [3.05, 3.63) is 65.2 Å². The number of nitrogens with one attached hydrogen (secondary N) is 1. The topological polar surface area (TPSA) is 35.6 Å². The van der Waals surface area contributed by atoms with Gasteiger partial charge in [0, 0.05) is 44.3 Å². The van der Waals surface area contributed by atoms with Gasteiger partial charge in [0.1, 0.15) is 0 Å². The number of aryl methyl sites for hydroxylation is 2. The largest absolute Gasteiger partial charge is 0.369 e. The molecule has 1 atom stereocenters. The molecule has 1 heterocycles. The van der Waals surface area contributed by atoms with Gasteiger partial charge in [-0.25, -0.2) is 0 Å². The summed E-state index contributed by atoms with van der Waals surface area (Å²) in [7, 11) is 2.19. The van der Waals surface area contributed by atoms with Crippen molar-refractivity contribution in [2.24, 2.45) is 0 Å². The molecule has 2 aliphatic rings. The summed E-state index contributed by atoms with van der Waals surface area (Å²) in [5.74, 6) is 0.175. The van der Waals surface area contributed by atoms with E-state index >= 15 is 0 Å². The highest BCUT2D eigenvalue weighted by atomic mass is 16.1. The highest BCUT2D eigenvalue weighted by Crippen LogP contribution is 2.31. The molecule has 1 fully saturated rings. The molecular weight excluding hydrogens is 346 g/mol. The van der Waals surface area contributed by atoms with E-state index in [0.29, 0.717) is 6.42 Å². The average Bonchev–Trinajstić information content (AvgIpc) is 2.73. The van der Waals surface area contributed by atoms with Gasteiger partial charge in [0.15, 0.2) is 0 Å². The van der Waals surface area contributed by atoms with Crippen molar-refractivity contribution in [1.82, 2.24) is 10.2 Å². The average molecular weight is 378 g/mol. The fourth-order valence-electron chi connectivity index (χ4n) is 4.44. The Morgan fingerprint density at radius 3 is 2.61 bits per heavy atom. The van der Waals surface area contributed by atoms with Gasteiger partial charge < -0.3 is 15.1 Å². The Morgan fingerprint density at radius 1 is 1.04 bits per heavy atom.